The number of benzene rings is 1. The molecule has 0 heterocycles. The van der Waals surface area contributed by atoms with Gasteiger partial charge in [-0.3, -0.25) is 4.79 Å². The van der Waals surface area contributed by atoms with E-state index in [2.05, 4.69) is 12.2 Å². The largest absolute Gasteiger partial charge is 0.426 e. The molecule has 1 N–H and O–H groups in total. The first-order chi connectivity index (χ1) is 12.2. The Labute approximate surface area is 151 Å². The van der Waals surface area contributed by atoms with Gasteiger partial charge in [0.25, 0.3) is 0 Å². The molecule has 0 aliphatic heterocycles. The van der Waals surface area contributed by atoms with E-state index >= 15 is 0 Å². The van der Waals surface area contributed by atoms with Crippen molar-refractivity contribution in [1.82, 2.24) is 5.32 Å². The van der Waals surface area contributed by atoms with Crippen LogP contribution in [0, 0.1) is 0 Å². The van der Waals surface area contributed by atoms with Gasteiger partial charge in [0.1, 0.15) is 11.5 Å². The van der Waals surface area contributed by atoms with Crippen LogP contribution in [0.5, 0.6) is 11.5 Å². The van der Waals surface area contributed by atoms with Crippen LogP contribution in [-0.4, -0.2) is 18.6 Å². The lowest BCUT2D eigenvalue weighted by Gasteiger charge is -2.08. The van der Waals surface area contributed by atoms with Crippen molar-refractivity contribution in [2.24, 2.45) is 0 Å². The second-order valence-electron chi connectivity index (χ2n) is 6.14. The minimum Gasteiger partial charge on any atom is -0.426 e. The van der Waals surface area contributed by atoms with Crippen molar-refractivity contribution in [1.29, 1.82) is 0 Å². The first-order valence-electron chi connectivity index (χ1n) is 9.42. The van der Waals surface area contributed by atoms with E-state index in [0.717, 1.165) is 25.7 Å². The van der Waals surface area contributed by atoms with Gasteiger partial charge in [-0.1, -0.05) is 58.4 Å². The van der Waals surface area contributed by atoms with Crippen molar-refractivity contribution in [3.8, 4) is 11.5 Å². The predicted molar refractivity (Wildman–Crippen MR) is 99.0 cm³/mol. The zero-order chi connectivity index (χ0) is 18.3. The van der Waals surface area contributed by atoms with E-state index in [1.807, 2.05) is 6.92 Å². The smallest absolute Gasteiger partial charge is 0.412 e. The van der Waals surface area contributed by atoms with Gasteiger partial charge in [0.05, 0.1) is 0 Å². The Bertz CT molecular complexity index is 516. The molecule has 1 aromatic carbocycles. The van der Waals surface area contributed by atoms with Crippen LogP contribution >= 0.6 is 0 Å². The Morgan fingerprint density at radius 2 is 1.52 bits per heavy atom. The summed E-state index contributed by atoms with van der Waals surface area (Å²) < 4.78 is 10.5. The predicted octanol–water partition coefficient (Wildman–Crippen LogP) is 5.23. The van der Waals surface area contributed by atoms with E-state index in [9.17, 15) is 9.59 Å². The normalized spacial score (nSPS) is 10.3. The third-order valence-corrected chi connectivity index (χ3v) is 3.78. The van der Waals surface area contributed by atoms with Gasteiger partial charge in [0.2, 0.25) is 0 Å². The molecule has 1 amide bonds. The molecule has 0 spiro atoms. The molecular formula is C20H31NO4. The molecule has 0 unspecified atom stereocenters. The van der Waals surface area contributed by atoms with Crippen LogP contribution in [0.2, 0.25) is 0 Å². The van der Waals surface area contributed by atoms with Crippen LogP contribution in [0.25, 0.3) is 0 Å². The highest BCUT2D eigenvalue weighted by atomic mass is 16.6. The zero-order valence-electron chi connectivity index (χ0n) is 15.5. The number of hydrogen-bond acceptors (Lipinski definition) is 4. The molecule has 5 heteroatoms. The Morgan fingerprint density at radius 1 is 0.880 bits per heavy atom. The maximum atomic E-state index is 11.8. The highest BCUT2D eigenvalue weighted by Crippen LogP contribution is 2.20. The Kier molecular flexibility index (Phi) is 11.2. The molecule has 1 rings (SSSR count). The summed E-state index contributed by atoms with van der Waals surface area (Å²) in [5, 5.41) is 2.74. The van der Waals surface area contributed by atoms with Crippen LogP contribution < -0.4 is 14.8 Å². The molecule has 1 aromatic rings. The Balaban J connectivity index is 2.28. The van der Waals surface area contributed by atoms with Crippen molar-refractivity contribution in [3.05, 3.63) is 24.3 Å². The first-order valence-corrected chi connectivity index (χ1v) is 9.42. The maximum absolute atomic E-state index is 11.8. The molecule has 0 saturated carbocycles. The fraction of sp³-hybridized carbons (Fsp3) is 0.600. The topological polar surface area (TPSA) is 64.6 Å². The summed E-state index contributed by atoms with van der Waals surface area (Å²) in [5.74, 6) is 0.482. The standard InChI is InChI=1S/C20H31NO4/c1-3-5-7-8-9-10-15-21-20(23)25-18-13-11-12-17(16-18)24-19(22)14-6-4-2/h11-13,16H,3-10,14-15H2,1-2H3,(H,21,23). The van der Waals surface area contributed by atoms with Crippen molar-refractivity contribution in [3.63, 3.8) is 0 Å². The summed E-state index contributed by atoms with van der Waals surface area (Å²) in [6.45, 7) is 4.82. The molecule has 0 radical (unpaired) electrons. The number of hydrogen-bond donors (Lipinski definition) is 1. The van der Waals surface area contributed by atoms with Crippen LogP contribution in [0.4, 0.5) is 4.79 Å². The summed E-state index contributed by atoms with van der Waals surface area (Å²) in [6.07, 6.45) is 8.68. The number of ether oxygens (including phenoxy) is 2. The molecule has 0 bridgehead atoms. The minimum atomic E-state index is -0.483. The molecular weight excluding hydrogens is 318 g/mol. The van der Waals surface area contributed by atoms with Gasteiger partial charge in [0, 0.05) is 19.0 Å². The molecule has 0 fully saturated rings. The van der Waals surface area contributed by atoms with Crippen molar-refractivity contribution in [2.45, 2.75) is 71.6 Å². The van der Waals surface area contributed by atoms with Crippen LogP contribution in [0.15, 0.2) is 24.3 Å². The highest BCUT2D eigenvalue weighted by Gasteiger charge is 2.08. The Morgan fingerprint density at radius 3 is 2.24 bits per heavy atom. The number of unbranched alkanes of at least 4 members (excludes halogenated alkanes) is 6. The fourth-order valence-electron chi connectivity index (χ4n) is 2.34. The highest BCUT2D eigenvalue weighted by molar-refractivity contribution is 5.73. The van der Waals surface area contributed by atoms with Crippen molar-refractivity contribution >= 4 is 12.1 Å². The third kappa shape index (κ3) is 10.4. The average Bonchev–Trinajstić information content (AvgIpc) is 2.59. The van der Waals surface area contributed by atoms with Gasteiger partial charge in [-0.05, 0) is 25.0 Å². The number of carbonyl (C=O) groups is 2. The number of nitrogens with one attached hydrogen (secondary N) is 1. The van der Waals surface area contributed by atoms with E-state index in [-0.39, 0.29) is 5.97 Å². The van der Waals surface area contributed by atoms with Gasteiger partial charge in [-0.25, -0.2) is 4.79 Å². The van der Waals surface area contributed by atoms with Crippen LogP contribution in [0.3, 0.4) is 0 Å². The lowest BCUT2D eigenvalue weighted by molar-refractivity contribution is -0.134. The summed E-state index contributed by atoms with van der Waals surface area (Å²) in [7, 11) is 0. The molecule has 5 nitrogen and oxygen atoms in total. The third-order valence-electron chi connectivity index (χ3n) is 3.78. The fourth-order valence-corrected chi connectivity index (χ4v) is 2.34. The molecule has 140 valence electrons. The van der Waals surface area contributed by atoms with E-state index in [1.54, 1.807) is 24.3 Å². The minimum absolute atomic E-state index is 0.272. The van der Waals surface area contributed by atoms with Crippen molar-refractivity contribution in [2.75, 3.05) is 6.54 Å². The van der Waals surface area contributed by atoms with Gasteiger partial charge in [0.15, 0.2) is 0 Å². The van der Waals surface area contributed by atoms with E-state index in [1.165, 1.54) is 25.7 Å². The lowest BCUT2D eigenvalue weighted by Crippen LogP contribution is -2.27. The first kappa shape index (κ1) is 21.0. The molecule has 25 heavy (non-hydrogen) atoms. The van der Waals surface area contributed by atoms with Crippen molar-refractivity contribution < 1.29 is 19.1 Å². The van der Waals surface area contributed by atoms with E-state index < -0.39 is 6.09 Å². The Hall–Kier alpha value is -2.04. The SMILES string of the molecule is CCCCCCCCNC(=O)Oc1cccc(OC(=O)CCCC)c1. The second-order valence-corrected chi connectivity index (χ2v) is 6.14. The van der Waals surface area contributed by atoms with E-state index in [4.69, 9.17) is 9.47 Å². The monoisotopic (exact) mass is 349 g/mol. The zero-order valence-corrected chi connectivity index (χ0v) is 15.5. The molecule has 0 saturated heterocycles. The quantitative estimate of drug-likeness (QED) is 0.319. The summed E-state index contributed by atoms with van der Waals surface area (Å²) in [4.78, 5) is 23.4. The van der Waals surface area contributed by atoms with Crippen LogP contribution in [-0.2, 0) is 4.79 Å². The number of esters is 1. The van der Waals surface area contributed by atoms with Gasteiger partial charge in [-0.15, -0.1) is 0 Å². The summed E-state index contributed by atoms with van der Waals surface area (Å²) in [6, 6.07) is 6.57. The summed E-state index contributed by atoms with van der Waals surface area (Å²) >= 11 is 0. The lowest BCUT2D eigenvalue weighted by atomic mass is 10.1. The number of amides is 1. The van der Waals surface area contributed by atoms with Gasteiger partial charge in [-0.2, -0.15) is 0 Å². The van der Waals surface area contributed by atoms with Gasteiger partial charge >= 0.3 is 12.1 Å². The number of rotatable bonds is 12. The summed E-state index contributed by atoms with van der Waals surface area (Å²) in [5.41, 5.74) is 0. The van der Waals surface area contributed by atoms with Gasteiger partial charge < -0.3 is 14.8 Å². The number of carbonyl (C=O) groups excluding carboxylic acids is 2. The van der Waals surface area contributed by atoms with Crippen LogP contribution in [0.1, 0.15) is 71.6 Å². The molecule has 0 atom stereocenters. The maximum Gasteiger partial charge on any atom is 0.412 e. The molecule has 0 aliphatic rings. The second kappa shape index (κ2) is 13.3. The molecule has 0 aromatic heterocycles. The average molecular weight is 349 g/mol. The molecule has 0 aliphatic carbocycles. The van der Waals surface area contributed by atoms with E-state index in [0.29, 0.717) is 24.5 Å².